The molecule has 0 radical (unpaired) electrons. The van der Waals surface area contributed by atoms with Crippen LogP contribution in [0.25, 0.3) is 0 Å². The van der Waals surface area contributed by atoms with Gasteiger partial charge in [0.1, 0.15) is 11.9 Å². The number of amides is 3. The summed E-state index contributed by atoms with van der Waals surface area (Å²) < 4.78 is 16.6. The van der Waals surface area contributed by atoms with Crippen molar-refractivity contribution >= 4 is 17.7 Å². The molecule has 2 aromatic rings. The second-order valence-electron chi connectivity index (χ2n) is 10.4. The van der Waals surface area contributed by atoms with Crippen molar-refractivity contribution in [2.24, 2.45) is 5.92 Å². The molecular weight excluding hydrogens is 449 g/mol. The van der Waals surface area contributed by atoms with Crippen LogP contribution in [0.5, 0.6) is 0 Å². The molecule has 0 spiro atoms. The zero-order valence-electron chi connectivity index (χ0n) is 20.3. The Hall–Kier alpha value is -3.07. The van der Waals surface area contributed by atoms with Crippen molar-refractivity contribution in [1.82, 2.24) is 24.9 Å². The van der Waals surface area contributed by atoms with Gasteiger partial charge < -0.3 is 4.90 Å². The summed E-state index contributed by atoms with van der Waals surface area (Å²) in [5.74, 6) is -0.808. The number of likely N-dealkylation sites (tertiary alicyclic amines) is 1. The standard InChI is InChI=1S/C26H32FN5O3/c1-16(2)12-31-14-17(11-28-31)13-30-7-5-18(6-8-30)20-9-19(27)10-21-22(20)15-32(26(21)35)23-3-4-24(33)29-25(23)34/h9-11,14,16,18,23H,3-8,12-13,15H2,1-2H3,(H,29,33,34). The number of hydrogen-bond donors (Lipinski definition) is 1. The van der Waals surface area contributed by atoms with Crippen LogP contribution in [0, 0.1) is 11.7 Å². The molecule has 35 heavy (non-hydrogen) atoms. The lowest BCUT2D eigenvalue weighted by molar-refractivity contribution is -0.136. The Bertz CT molecular complexity index is 1150. The molecule has 1 aromatic carbocycles. The van der Waals surface area contributed by atoms with Gasteiger partial charge in [-0.2, -0.15) is 5.10 Å². The number of halogens is 1. The Morgan fingerprint density at radius 3 is 2.63 bits per heavy atom. The smallest absolute Gasteiger partial charge is 0.255 e. The van der Waals surface area contributed by atoms with E-state index in [1.807, 2.05) is 10.9 Å². The van der Waals surface area contributed by atoms with Gasteiger partial charge in [-0.3, -0.25) is 29.3 Å². The number of carbonyl (C=O) groups excluding carboxylic acids is 3. The molecule has 3 aliphatic rings. The molecule has 186 valence electrons. The highest BCUT2D eigenvalue weighted by atomic mass is 19.1. The van der Waals surface area contributed by atoms with E-state index in [1.54, 1.807) is 6.07 Å². The average Bonchev–Trinajstić information content (AvgIpc) is 3.37. The van der Waals surface area contributed by atoms with Crippen LogP contribution in [0.15, 0.2) is 24.5 Å². The van der Waals surface area contributed by atoms with Crippen molar-refractivity contribution in [1.29, 1.82) is 0 Å². The van der Waals surface area contributed by atoms with E-state index >= 15 is 0 Å². The van der Waals surface area contributed by atoms with E-state index in [0.717, 1.165) is 50.1 Å². The number of piperidine rings is 2. The van der Waals surface area contributed by atoms with Crippen LogP contribution in [0.4, 0.5) is 4.39 Å². The minimum Gasteiger partial charge on any atom is -0.322 e. The Kier molecular flexibility index (Phi) is 6.44. The minimum absolute atomic E-state index is 0.161. The summed E-state index contributed by atoms with van der Waals surface area (Å²) in [7, 11) is 0. The number of nitrogens with zero attached hydrogens (tertiary/aromatic N) is 4. The van der Waals surface area contributed by atoms with Gasteiger partial charge in [0, 0.05) is 43.4 Å². The maximum Gasteiger partial charge on any atom is 0.255 e. The molecule has 0 aliphatic carbocycles. The van der Waals surface area contributed by atoms with Gasteiger partial charge in [0.25, 0.3) is 5.91 Å². The quantitative estimate of drug-likeness (QED) is 0.641. The Morgan fingerprint density at radius 2 is 1.91 bits per heavy atom. The molecule has 2 saturated heterocycles. The summed E-state index contributed by atoms with van der Waals surface area (Å²) in [4.78, 5) is 40.9. The second kappa shape index (κ2) is 9.53. The van der Waals surface area contributed by atoms with Crippen LogP contribution in [-0.4, -0.2) is 56.4 Å². The number of nitrogens with one attached hydrogen (secondary N) is 1. The summed E-state index contributed by atoms with van der Waals surface area (Å²) >= 11 is 0. The normalized spacial score (nSPS) is 21.7. The fourth-order valence-electron chi connectivity index (χ4n) is 5.64. The zero-order valence-corrected chi connectivity index (χ0v) is 20.3. The SMILES string of the molecule is CC(C)Cn1cc(CN2CCC(c3cc(F)cc4c3CN(C3CCC(=O)NC3=O)C4=O)CC2)cn1. The van der Waals surface area contributed by atoms with Gasteiger partial charge in [0.05, 0.1) is 6.20 Å². The van der Waals surface area contributed by atoms with E-state index in [2.05, 4.69) is 35.4 Å². The molecule has 4 heterocycles. The monoisotopic (exact) mass is 481 g/mol. The highest BCUT2D eigenvalue weighted by Gasteiger charge is 2.41. The lowest BCUT2D eigenvalue weighted by Crippen LogP contribution is -2.52. The number of rotatable bonds is 6. The predicted octanol–water partition coefficient (Wildman–Crippen LogP) is 2.82. The summed E-state index contributed by atoms with van der Waals surface area (Å²) in [5, 5.41) is 6.78. The topological polar surface area (TPSA) is 87.5 Å². The first-order valence-electron chi connectivity index (χ1n) is 12.5. The van der Waals surface area contributed by atoms with Crippen molar-refractivity contribution in [3.63, 3.8) is 0 Å². The molecule has 1 atom stereocenters. The number of fused-ring (bicyclic) bond motifs is 1. The molecular formula is C26H32FN5O3. The molecule has 5 rings (SSSR count). The van der Waals surface area contributed by atoms with Gasteiger partial charge in [-0.15, -0.1) is 0 Å². The Labute approximate surface area is 204 Å². The second-order valence-corrected chi connectivity index (χ2v) is 10.4. The molecule has 3 amide bonds. The lowest BCUT2D eigenvalue weighted by Gasteiger charge is -2.33. The van der Waals surface area contributed by atoms with Gasteiger partial charge in [-0.1, -0.05) is 13.8 Å². The third kappa shape index (κ3) is 4.87. The largest absolute Gasteiger partial charge is 0.322 e. The summed E-state index contributed by atoms with van der Waals surface area (Å²) in [6.07, 6.45) is 6.30. The molecule has 1 N–H and O–H groups in total. The van der Waals surface area contributed by atoms with Gasteiger partial charge in [-0.05, 0) is 67.4 Å². The molecule has 9 heteroatoms. The maximum atomic E-state index is 14.6. The fourth-order valence-corrected chi connectivity index (χ4v) is 5.64. The number of aromatic nitrogens is 2. The van der Waals surface area contributed by atoms with Crippen molar-refractivity contribution in [2.75, 3.05) is 13.1 Å². The lowest BCUT2D eigenvalue weighted by atomic mass is 9.85. The summed E-state index contributed by atoms with van der Waals surface area (Å²) in [6.45, 7) is 8.15. The van der Waals surface area contributed by atoms with Crippen LogP contribution in [0.2, 0.25) is 0 Å². The molecule has 1 aromatic heterocycles. The van der Waals surface area contributed by atoms with Crippen molar-refractivity contribution in [2.45, 2.75) is 71.1 Å². The number of hydrogen-bond acceptors (Lipinski definition) is 5. The van der Waals surface area contributed by atoms with Crippen LogP contribution in [0.1, 0.15) is 72.5 Å². The van der Waals surface area contributed by atoms with E-state index in [-0.39, 0.29) is 30.7 Å². The van der Waals surface area contributed by atoms with Gasteiger partial charge >= 0.3 is 0 Å². The first kappa shape index (κ1) is 23.7. The summed E-state index contributed by atoms with van der Waals surface area (Å²) in [6, 6.07) is 2.16. The minimum atomic E-state index is -0.693. The average molecular weight is 482 g/mol. The number of carbonyl (C=O) groups is 3. The highest BCUT2D eigenvalue weighted by molar-refractivity contribution is 6.05. The van der Waals surface area contributed by atoms with Crippen LogP contribution >= 0.6 is 0 Å². The first-order chi connectivity index (χ1) is 16.8. The van der Waals surface area contributed by atoms with Crippen LogP contribution in [-0.2, 0) is 29.2 Å². The van der Waals surface area contributed by atoms with Gasteiger partial charge in [-0.25, -0.2) is 4.39 Å². The first-order valence-corrected chi connectivity index (χ1v) is 12.5. The maximum absolute atomic E-state index is 14.6. The number of benzene rings is 1. The zero-order chi connectivity index (χ0) is 24.7. The molecule has 8 nitrogen and oxygen atoms in total. The van der Waals surface area contributed by atoms with Gasteiger partial charge in [0.2, 0.25) is 11.8 Å². The molecule has 0 bridgehead atoms. The molecule has 1 unspecified atom stereocenters. The third-order valence-corrected chi connectivity index (χ3v) is 7.33. The highest BCUT2D eigenvalue weighted by Crippen LogP contribution is 2.38. The van der Waals surface area contributed by atoms with Crippen LogP contribution in [0.3, 0.4) is 0 Å². The van der Waals surface area contributed by atoms with Crippen LogP contribution < -0.4 is 5.32 Å². The third-order valence-electron chi connectivity index (χ3n) is 7.33. The van der Waals surface area contributed by atoms with Gasteiger partial charge in [0.15, 0.2) is 0 Å². The fraction of sp³-hybridized carbons (Fsp3) is 0.538. The number of imide groups is 1. The van der Waals surface area contributed by atoms with Crippen molar-refractivity contribution < 1.29 is 18.8 Å². The predicted molar refractivity (Wildman–Crippen MR) is 127 cm³/mol. The van der Waals surface area contributed by atoms with E-state index in [4.69, 9.17) is 0 Å². The van der Waals surface area contributed by atoms with Crippen molar-refractivity contribution in [3.05, 3.63) is 52.6 Å². The summed E-state index contributed by atoms with van der Waals surface area (Å²) in [5.41, 5.74) is 3.26. The van der Waals surface area contributed by atoms with Crippen molar-refractivity contribution in [3.8, 4) is 0 Å². The van der Waals surface area contributed by atoms with E-state index < -0.39 is 17.8 Å². The Balaban J connectivity index is 1.27. The van der Waals surface area contributed by atoms with E-state index in [0.29, 0.717) is 17.9 Å². The molecule has 3 aliphatic heterocycles. The van der Waals surface area contributed by atoms with E-state index in [9.17, 15) is 18.8 Å². The molecule has 2 fully saturated rings. The molecule has 0 saturated carbocycles. The van der Waals surface area contributed by atoms with E-state index in [1.165, 1.54) is 16.5 Å². The Morgan fingerprint density at radius 1 is 1.14 bits per heavy atom.